The zero-order valence-electron chi connectivity index (χ0n) is 17.5. The second kappa shape index (κ2) is 9.00. The van der Waals surface area contributed by atoms with E-state index in [9.17, 15) is 0 Å². The van der Waals surface area contributed by atoms with E-state index in [2.05, 4.69) is 83.8 Å². The highest BCUT2D eigenvalue weighted by Crippen LogP contribution is 2.37. The van der Waals surface area contributed by atoms with E-state index in [1.807, 2.05) is 0 Å². The molecule has 150 valence electrons. The van der Waals surface area contributed by atoms with Crippen LogP contribution in [-0.2, 0) is 0 Å². The van der Waals surface area contributed by atoms with Crippen molar-refractivity contribution in [2.45, 2.75) is 56.5 Å². The topological polar surface area (TPSA) is 18.5 Å². The van der Waals surface area contributed by atoms with Crippen molar-refractivity contribution >= 4 is 11.4 Å². The van der Waals surface area contributed by atoms with Crippen LogP contribution in [0, 0.1) is 0 Å². The number of nitrogens with one attached hydrogen (secondary N) is 1. The minimum Gasteiger partial charge on any atom is -0.382 e. The molecule has 1 aliphatic carbocycles. The molecule has 2 aromatic rings. The number of piperidine rings is 1. The lowest BCUT2D eigenvalue weighted by Gasteiger charge is -2.44. The first kappa shape index (κ1) is 19.3. The largest absolute Gasteiger partial charge is 0.382 e. The number of hydrogen-bond acceptors (Lipinski definition) is 3. The van der Waals surface area contributed by atoms with Crippen LogP contribution in [0.3, 0.4) is 0 Å². The van der Waals surface area contributed by atoms with Crippen molar-refractivity contribution in [1.29, 1.82) is 0 Å². The lowest BCUT2D eigenvalue weighted by molar-refractivity contribution is 0.109. The summed E-state index contributed by atoms with van der Waals surface area (Å²) in [5.41, 5.74) is 4.06. The van der Waals surface area contributed by atoms with Gasteiger partial charge in [-0.25, -0.2) is 0 Å². The minimum absolute atomic E-state index is 0.590. The molecule has 0 bridgehead atoms. The summed E-state index contributed by atoms with van der Waals surface area (Å²) >= 11 is 0. The maximum Gasteiger partial charge on any atom is 0.0381 e. The Morgan fingerprint density at radius 2 is 1.61 bits per heavy atom. The van der Waals surface area contributed by atoms with Crippen molar-refractivity contribution in [3.8, 4) is 0 Å². The van der Waals surface area contributed by atoms with E-state index in [1.54, 1.807) is 5.56 Å². The fraction of sp³-hybridized carbons (Fsp3) is 0.520. The van der Waals surface area contributed by atoms with Gasteiger partial charge in [0, 0.05) is 50.6 Å². The molecule has 0 aromatic heterocycles. The molecular weight excluding hydrogens is 342 g/mol. The maximum absolute atomic E-state index is 3.79. The van der Waals surface area contributed by atoms with Crippen molar-refractivity contribution in [3.05, 3.63) is 60.2 Å². The third-order valence-corrected chi connectivity index (χ3v) is 6.69. The van der Waals surface area contributed by atoms with Crippen molar-refractivity contribution in [2.75, 3.05) is 37.4 Å². The van der Waals surface area contributed by atoms with Crippen molar-refractivity contribution in [1.82, 2.24) is 4.90 Å². The quantitative estimate of drug-likeness (QED) is 0.757. The van der Waals surface area contributed by atoms with Crippen LogP contribution in [0.2, 0.25) is 0 Å². The molecule has 3 heteroatoms. The summed E-state index contributed by atoms with van der Waals surface area (Å²) in [6.07, 6.45) is 7.97. The van der Waals surface area contributed by atoms with Gasteiger partial charge in [0.15, 0.2) is 0 Å². The third-order valence-electron chi connectivity index (χ3n) is 6.69. The van der Waals surface area contributed by atoms with Crippen molar-refractivity contribution in [3.63, 3.8) is 0 Å². The molecule has 3 nitrogen and oxygen atoms in total. The molecule has 1 N–H and O–H groups in total. The van der Waals surface area contributed by atoms with Gasteiger partial charge in [-0.2, -0.15) is 0 Å². The molecule has 1 aliphatic heterocycles. The number of nitrogens with zero attached hydrogens (tertiary/aromatic N) is 2. The van der Waals surface area contributed by atoms with Gasteiger partial charge in [0.1, 0.15) is 0 Å². The molecular formula is C25H35N3. The Kier molecular flexibility index (Phi) is 6.21. The molecule has 0 amide bonds. The Bertz CT molecular complexity index is 734. The molecule has 2 aromatic carbocycles. The maximum atomic E-state index is 3.79. The molecule has 2 unspecified atom stereocenters. The summed E-state index contributed by atoms with van der Waals surface area (Å²) in [5, 5.41) is 3.79. The predicted molar refractivity (Wildman–Crippen MR) is 120 cm³/mol. The summed E-state index contributed by atoms with van der Waals surface area (Å²) < 4.78 is 0. The molecule has 2 atom stereocenters. The Balaban J connectivity index is 1.36. The predicted octanol–water partition coefficient (Wildman–Crippen LogP) is 5.36. The van der Waals surface area contributed by atoms with E-state index in [-0.39, 0.29) is 0 Å². The molecule has 4 rings (SSSR count). The van der Waals surface area contributed by atoms with Gasteiger partial charge in [-0.1, -0.05) is 49.2 Å². The average Bonchev–Trinajstić information content (AvgIpc) is 2.75. The highest BCUT2D eigenvalue weighted by molar-refractivity contribution is 5.57. The van der Waals surface area contributed by atoms with Crippen LogP contribution in [0.1, 0.15) is 50.0 Å². The molecule has 2 fully saturated rings. The van der Waals surface area contributed by atoms with Gasteiger partial charge >= 0.3 is 0 Å². The van der Waals surface area contributed by atoms with Gasteiger partial charge in [-0.05, 0) is 55.4 Å². The van der Waals surface area contributed by atoms with Crippen LogP contribution in [0.4, 0.5) is 11.4 Å². The summed E-state index contributed by atoms with van der Waals surface area (Å²) in [4.78, 5) is 4.96. The highest BCUT2D eigenvalue weighted by atomic mass is 15.2. The zero-order chi connectivity index (χ0) is 19.3. The SMILES string of the molecule is CN(C)c1cccc(NC2CCN(C3CCCCC3c3ccccc3)CC2)c1. The first-order valence-corrected chi connectivity index (χ1v) is 11.0. The van der Waals surface area contributed by atoms with E-state index in [4.69, 9.17) is 0 Å². The van der Waals surface area contributed by atoms with Gasteiger partial charge in [0.25, 0.3) is 0 Å². The molecule has 1 saturated carbocycles. The van der Waals surface area contributed by atoms with Gasteiger partial charge in [0.05, 0.1) is 0 Å². The smallest absolute Gasteiger partial charge is 0.0381 e. The van der Waals surface area contributed by atoms with Crippen molar-refractivity contribution < 1.29 is 0 Å². The van der Waals surface area contributed by atoms with Crippen LogP contribution in [0.5, 0.6) is 0 Å². The second-order valence-electron chi connectivity index (χ2n) is 8.77. The molecule has 1 saturated heterocycles. The Hall–Kier alpha value is -2.00. The number of likely N-dealkylation sites (tertiary alicyclic amines) is 1. The van der Waals surface area contributed by atoms with Gasteiger partial charge in [-0.15, -0.1) is 0 Å². The van der Waals surface area contributed by atoms with Gasteiger partial charge in [0.2, 0.25) is 0 Å². The molecule has 2 aliphatic rings. The molecule has 1 heterocycles. The Labute approximate surface area is 170 Å². The first-order valence-electron chi connectivity index (χ1n) is 11.0. The standard InChI is InChI=1S/C25H35N3/c1-27(2)23-12-8-11-22(19-23)26-21-15-17-28(18-16-21)25-14-7-6-13-24(25)20-9-4-3-5-10-20/h3-5,8-12,19,21,24-26H,6-7,13-18H2,1-2H3. The van der Waals surface area contributed by atoms with E-state index in [0.29, 0.717) is 6.04 Å². The molecule has 0 spiro atoms. The summed E-state index contributed by atoms with van der Waals surface area (Å²) in [6, 6.07) is 21.3. The summed E-state index contributed by atoms with van der Waals surface area (Å²) in [6.45, 7) is 2.44. The van der Waals surface area contributed by atoms with Gasteiger partial charge < -0.3 is 10.2 Å². The normalized spacial score (nSPS) is 24.1. The Morgan fingerprint density at radius 1 is 0.857 bits per heavy atom. The van der Waals surface area contributed by atoms with Crippen LogP contribution in [0.25, 0.3) is 0 Å². The Morgan fingerprint density at radius 3 is 2.36 bits per heavy atom. The van der Waals surface area contributed by atoms with E-state index in [0.717, 1.165) is 12.0 Å². The summed E-state index contributed by atoms with van der Waals surface area (Å²) in [7, 11) is 4.20. The fourth-order valence-electron chi connectivity index (χ4n) is 5.12. The number of hydrogen-bond donors (Lipinski definition) is 1. The lowest BCUT2D eigenvalue weighted by atomic mass is 9.78. The first-order chi connectivity index (χ1) is 13.7. The van der Waals surface area contributed by atoms with Crippen LogP contribution >= 0.6 is 0 Å². The van der Waals surface area contributed by atoms with Crippen LogP contribution in [-0.4, -0.2) is 44.2 Å². The lowest BCUT2D eigenvalue weighted by Crippen LogP contribution is -2.47. The van der Waals surface area contributed by atoms with Gasteiger partial charge in [-0.3, -0.25) is 4.90 Å². The number of anilines is 2. The minimum atomic E-state index is 0.590. The van der Waals surface area contributed by atoms with Crippen molar-refractivity contribution in [2.24, 2.45) is 0 Å². The van der Waals surface area contributed by atoms with Crippen LogP contribution in [0.15, 0.2) is 54.6 Å². The van der Waals surface area contributed by atoms with Crippen LogP contribution < -0.4 is 10.2 Å². The fourth-order valence-corrected chi connectivity index (χ4v) is 5.12. The second-order valence-corrected chi connectivity index (χ2v) is 8.77. The monoisotopic (exact) mass is 377 g/mol. The molecule has 0 radical (unpaired) electrons. The van der Waals surface area contributed by atoms with E-state index >= 15 is 0 Å². The average molecular weight is 378 g/mol. The third kappa shape index (κ3) is 4.52. The van der Waals surface area contributed by atoms with E-state index < -0.39 is 0 Å². The van der Waals surface area contributed by atoms with E-state index in [1.165, 1.54) is 63.0 Å². The summed E-state index contributed by atoms with van der Waals surface area (Å²) in [5.74, 6) is 0.719. The molecule has 28 heavy (non-hydrogen) atoms. The zero-order valence-corrected chi connectivity index (χ0v) is 17.5. The number of rotatable bonds is 5. The highest BCUT2D eigenvalue weighted by Gasteiger charge is 2.33. The number of benzene rings is 2.